The highest BCUT2D eigenvalue weighted by molar-refractivity contribution is 5.78. The third kappa shape index (κ3) is 2.79. The number of likely N-dealkylation sites (tertiary alicyclic amines) is 1. The van der Waals surface area contributed by atoms with Crippen molar-refractivity contribution < 1.29 is 14.7 Å². The number of rotatable bonds is 4. The molecule has 0 aromatic heterocycles. The largest absolute Gasteiger partial charge is 0.481 e. The average Bonchev–Trinajstić information content (AvgIpc) is 2.74. The number of carboxylic acid groups (broad SMARTS) is 1. The lowest BCUT2D eigenvalue weighted by atomic mass is 9.85. The summed E-state index contributed by atoms with van der Waals surface area (Å²) in [6.07, 6.45) is 3.96. The Morgan fingerprint density at radius 3 is 2.47 bits per heavy atom. The highest BCUT2D eigenvalue weighted by atomic mass is 16.4. The van der Waals surface area contributed by atoms with Crippen LogP contribution < -0.4 is 0 Å². The van der Waals surface area contributed by atoms with Gasteiger partial charge in [-0.15, -0.1) is 0 Å². The van der Waals surface area contributed by atoms with Crippen LogP contribution in [0.4, 0.5) is 0 Å². The number of carbonyl (C=O) groups is 2. The molecule has 2 atom stereocenters. The van der Waals surface area contributed by atoms with Gasteiger partial charge in [-0.1, -0.05) is 13.8 Å². The Labute approximate surface area is 102 Å². The lowest BCUT2D eigenvalue weighted by Crippen LogP contribution is -2.40. The molecule has 0 aromatic carbocycles. The number of aliphatic carboxylic acids is 1. The first kappa shape index (κ1) is 12.4. The van der Waals surface area contributed by atoms with Gasteiger partial charge in [0.25, 0.3) is 0 Å². The zero-order valence-corrected chi connectivity index (χ0v) is 10.6. The first-order chi connectivity index (χ1) is 7.87. The Morgan fingerprint density at radius 1 is 1.29 bits per heavy atom. The second-order valence-electron chi connectivity index (χ2n) is 6.29. The van der Waals surface area contributed by atoms with Gasteiger partial charge in [-0.05, 0) is 30.6 Å². The van der Waals surface area contributed by atoms with E-state index in [1.165, 1.54) is 6.42 Å². The van der Waals surface area contributed by atoms with Crippen molar-refractivity contribution >= 4 is 11.9 Å². The van der Waals surface area contributed by atoms with Crippen LogP contribution in [-0.4, -0.2) is 34.5 Å². The smallest absolute Gasteiger partial charge is 0.303 e. The molecule has 2 unspecified atom stereocenters. The van der Waals surface area contributed by atoms with Crippen molar-refractivity contribution in [3.05, 3.63) is 0 Å². The van der Waals surface area contributed by atoms with Crippen LogP contribution >= 0.6 is 0 Å². The van der Waals surface area contributed by atoms with Crippen molar-refractivity contribution in [2.45, 2.75) is 52.0 Å². The Kier molecular flexibility index (Phi) is 3.15. The van der Waals surface area contributed by atoms with Crippen LogP contribution in [0.3, 0.4) is 0 Å². The van der Waals surface area contributed by atoms with Gasteiger partial charge in [0, 0.05) is 19.0 Å². The fraction of sp³-hybridized carbons (Fsp3) is 0.846. The summed E-state index contributed by atoms with van der Waals surface area (Å²) < 4.78 is 0. The number of fused-ring (bicyclic) bond motifs is 2. The number of hydrogen-bond donors (Lipinski definition) is 1. The summed E-state index contributed by atoms with van der Waals surface area (Å²) in [6.45, 7) is 4.60. The van der Waals surface area contributed by atoms with Crippen LogP contribution in [-0.2, 0) is 9.59 Å². The van der Waals surface area contributed by atoms with E-state index in [0.29, 0.717) is 18.4 Å². The number of nitrogens with zero attached hydrogens (tertiary/aromatic N) is 1. The summed E-state index contributed by atoms with van der Waals surface area (Å²) >= 11 is 0. The van der Waals surface area contributed by atoms with Gasteiger partial charge in [0.05, 0.1) is 6.42 Å². The van der Waals surface area contributed by atoms with E-state index in [9.17, 15) is 9.59 Å². The molecule has 17 heavy (non-hydrogen) atoms. The molecule has 1 saturated heterocycles. The highest BCUT2D eigenvalue weighted by Crippen LogP contribution is 2.38. The molecule has 4 heteroatoms. The molecule has 2 fully saturated rings. The van der Waals surface area contributed by atoms with Crippen molar-refractivity contribution in [1.82, 2.24) is 4.90 Å². The van der Waals surface area contributed by atoms with Crippen molar-refractivity contribution in [3.8, 4) is 0 Å². The van der Waals surface area contributed by atoms with E-state index in [2.05, 4.69) is 0 Å². The zero-order chi connectivity index (χ0) is 12.6. The van der Waals surface area contributed by atoms with Crippen LogP contribution in [0.15, 0.2) is 0 Å². The molecule has 1 heterocycles. The highest BCUT2D eigenvalue weighted by Gasteiger charge is 2.41. The third-order valence-corrected chi connectivity index (χ3v) is 3.99. The standard InChI is InChI=1S/C13H21NO3/c1-13(2,7-12(16)17)6-11(15)14-8-9-3-4-10(14)5-9/h9-10H,3-8H2,1-2H3,(H,16,17). The molecular formula is C13H21NO3. The quantitative estimate of drug-likeness (QED) is 0.815. The molecule has 0 spiro atoms. The monoisotopic (exact) mass is 239 g/mol. The molecule has 1 amide bonds. The van der Waals surface area contributed by atoms with Crippen LogP contribution in [0.1, 0.15) is 46.0 Å². The van der Waals surface area contributed by atoms with Crippen LogP contribution in [0.5, 0.6) is 0 Å². The maximum Gasteiger partial charge on any atom is 0.303 e. The van der Waals surface area contributed by atoms with E-state index >= 15 is 0 Å². The number of carbonyl (C=O) groups excluding carboxylic acids is 1. The number of amides is 1. The third-order valence-electron chi connectivity index (χ3n) is 3.99. The number of piperidine rings is 1. The van der Waals surface area contributed by atoms with Gasteiger partial charge in [0.15, 0.2) is 0 Å². The van der Waals surface area contributed by atoms with Gasteiger partial charge in [-0.25, -0.2) is 0 Å². The minimum absolute atomic E-state index is 0.0562. The van der Waals surface area contributed by atoms with Gasteiger partial charge < -0.3 is 10.0 Å². The first-order valence-electron chi connectivity index (χ1n) is 6.39. The Bertz CT molecular complexity index is 338. The molecule has 0 radical (unpaired) electrons. The van der Waals surface area contributed by atoms with Gasteiger partial charge in [0.2, 0.25) is 5.91 Å². The van der Waals surface area contributed by atoms with Crippen LogP contribution in [0, 0.1) is 11.3 Å². The molecule has 2 bridgehead atoms. The normalized spacial score (nSPS) is 27.5. The number of hydrogen-bond acceptors (Lipinski definition) is 2. The SMILES string of the molecule is CC(C)(CC(=O)O)CC(=O)N1CC2CCC1C2. The molecule has 4 nitrogen and oxygen atoms in total. The van der Waals surface area contributed by atoms with Crippen LogP contribution in [0.25, 0.3) is 0 Å². The van der Waals surface area contributed by atoms with Crippen molar-refractivity contribution in [3.63, 3.8) is 0 Å². The second kappa shape index (κ2) is 4.31. The van der Waals surface area contributed by atoms with Crippen LogP contribution in [0.2, 0.25) is 0 Å². The van der Waals surface area contributed by atoms with E-state index < -0.39 is 11.4 Å². The van der Waals surface area contributed by atoms with Crippen molar-refractivity contribution in [1.29, 1.82) is 0 Å². The lowest BCUT2D eigenvalue weighted by molar-refractivity contribution is -0.141. The average molecular weight is 239 g/mol. The molecule has 0 aromatic rings. The Morgan fingerprint density at radius 2 is 2.00 bits per heavy atom. The van der Waals surface area contributed by atoms with Gasteiger partial charge in [-0.2, -0.15) is 0 Å². The van der Waals surface area contributed by atoms with E-state index in [-0.39, 0.29) is 12.3 Å². The van der Waals surface area contributed by atoms with Gasteiger partial charge in [0.1, 0.15) is 0 Å². The lowest BCUT2D eigenvalue weighted by Gasteiger charge is -2.31. The zero-order valence-electron chi connectivity index (χ0n) is 10.6. The minimum atomic E-state index is -0.828. The van der Waals surface area contributed by atoms with Crippen molar-refractivity contribution in [2.75, 3.05) is 6.54 Å². The molecule has 1 saturated carbocycles. The maximum absolute atomic E-state index is 12.2. The van der Waals surface area contributed by atoms with Crippen molar-refractivity contribution in [2.24, 2.45) is 11.3 Å². The minimum Gasteiger partial charge on any atom is -0.481 e. The molecular weight excluding hydrogens is 218 g/mol. The summed E-state index contributed by atoms with van der Waals surface area (Å²) in [5.74, 6) is 0.0146. The summed E-state index contributed by atoms with van der Waals surface area (Å²) in [5, 5.41) is 8.81. The fourth-order valence-corrected chi connectivity index (χ4v) is 3.21. The fourth-order valence-electron chi connectivity index (χ4n) is 3.21. The molecule has 1 aliphatic heterocycles. The Hall–Kier alpha value is -1.06. The second-order valence-corrected chi connectivity index (χ2v) is 6.29. The molecule has 2 aliphatic rings. The van der Waals surface area contributed by atoms with Gasteiger partial charge in [-0.3, -0.25) is 9.59 Å². The number of carboxylic acids is 1. The predicted octanol–water partition coefficient (Wildman–Crippen LogP) is 1.89. The molecule has 2 rings (SSSR count). The molecule has 1 aliphatic carbocycles. The molecule has 1 N–H and O–H groups in total. The van der Waals surface area contributed by atoms with E-state index in [0.717, 1.165) is 19.4 Å². The predicted molar refractivity (Wildman–Crippen MR) is 63.5 cm³/mol. The van der Waals surface area contributed by atoms with E-state index in [4.69, 9.17) is 5.11 Å². The Balaban J connectivity index is 1.91. The maximum atomic E-state index is 12.2. The van der Waals surface area contributed by atoms with Gasteiger partial charge >= 0.3 is 5.97 Å². The van der Waals surface area contributed by atoms with E-state index in [1.807, 2.05) is 18.7 Å². The topological polar surface area (TPSA) is 57.6 Å². The summed E-state index contributed by atoms with van der Waals surface area (Å²) in [4.78, 5) is 24.9. The summed E-state index contributed by atoms with van der Waals surface area (Å²) in [6, 6.07) is 0.438. The first-order valence-corrected chi connectivity index (χ1v) is 6.39. The van der Waals surface area contributed by atoms with E-state index in [1.54, 1.807) is 0 Å². The molecule has 96 valence electrons. The summed E-state index contributed by atoms with van der Waals surface area (Å²) in [5.41, 5.74) is -0.440. The summed E-state index contributed by atoms with van der Waals surface area (Å²) in [7, 11) is 0.